The quantitative estimate of drug-likeness (QED) is 0.603. The van der Waals surface area contributed by atoms with Crippen molar-refractivity contribution < 1.29 is 29.3 Å². The Labute approximate surface area is 152 Å². The molecular weight excluding hydrogens is 354 g/mol. The van der Waals surface area contributed by atoms with E-state index in [0.717, 1.165) is 0 Å². The number of hydrogen-bond donors (Lipinski definition) is 3. The molecule has 0 unspecified atom stereocenters. The van der Waals surface area contributed by atoms with Crippen molar-refractivity contribution >= 4 is 28.6 Å². The molecule has 3 rings (SSSR count). The Balaban J connectivity index is 2.01. The van der Waals surface area contributed by atoms with Crippen molar-refractivity contribution in [2.45, 2.75) is 0 Å². The van der Waals surface area contributed by atoms with Crippen molar-refractivity contribution in [1.82, 2.24) is 0 Å². The first-order valence-corrected chi connectivity index (χ1v) is 7.90. The SMILES string of the molecule is O=C(O)CN(CC(=O)O)c1ccc(-c2oc3ccccc3c(=O)c2O)cc1. The fraction of sp³-hybridized carbons (Fsp3) is 0.105. The van der Waals surface area contributed by atoms with Gasteiger partial charge in [0.15, 0.2) is 5.76 Å². The lowest BCUT2D eigenvalue weighted by molar-refractivity contribution is -0.136. The van der Waals surface area contributed by atoms with Gasteiger partial charge in [-0.2, -0.15) is 0 Å². The predicted molar refractivity (Wildman–Crippen MR) is 97.1 cm³/mol. The lowest BCUT2D eigenvalue weighted by atomic mass is 10.1. The van der Waals surface area contributed by atoms with Crippen LogP contribution >= 0.6 is 0 Å². The van der Waals surface area contributed by atoms with E-state index in [1.807, 2.05) is 0 Å². The molecule has 27 heavy (non-hydrogen) atoms. The summed E-state index contributed by atoms with van der Waals surface area (Å²) in [5.74, 6) is -2.89. The highest BCUT2D eigenvalue weighted by atomic mass is 16.4. The highest BCUT2D eigenvalue weighted by molar-refractivity contribution is 5.83. The van der Waals surface area contributed by atoms with Crippen molar-refractivity contribution in [3.8, 4) is 17.1 Å². The molecule has 0 amide bonds. The Kier molecular flexibility index (Phi) is 4.80. The van der Waals surface area contributed by atoms with Gasteiger partial charge in [0.2, 0.25) is 11.2 Å². The number of carbonyl (C=O) groups is 2. The molecule has 3 aromatic rings. The largest absolute Gasteiger partial charge is 0.502 e. The number of fused-ring (bicyclic) bond motifs is 1. The van der Waals surface area contributed by atoms with Crippen molar-refractivity contribution in [1.29, 1.82) is 0 Å². The Morgan fingerprint density at radius 3 is 2.11 bits per heavy atom. The Morgan fingerprint density at radius 1 is 0.926 bits per heavy atom. The van der Waals surface area contributed by atoms with Crippen molar-refractivity contribution in [3.63, 3.8) is 0 Å². The number of aromatic hydroxyl groups is 1. The summed E-state index contributed by atoms with van der Waals surface area (Å²) >= 11 is 0. The van der Waals surface area contributed by atoms with E-state index < -0.39 is 36.2 Å². The zero-order valence-corrected chi connectivity index (χ0v) is 14.0. The molecule has 0 saturated heterocycles. The first kappa shape index (κ1) is 18.0. The van der Waals surface area contributed by atoms with Crippen LogP contribution < -0.4 is 10.3 Å². The molecular formula is C19H15NO7. The van der Waals surface area contributed by atoms with Crippen molar-refractivity contribution in [3.05, 3.63) is 58.8 Å². The lowest BCUT2D eigenvalue weighted by Crippen LogP contribution is -2.34. The van der Waals surface area contributed by atoms with E-state index in [0.29, 0.717) is 16.8 Å². The lowest BCUT2D eigenvalue weighted by Gasteiger charge is -2.20. The van der Waals surface area contributed by atoms with Gasteiger partial charge < -0.3 is 24.6 Å². The smallest absolute Gasteiger partial charge is 0.323 e. The van der Waals surface area contributed by atoms with Crippen LogP contribution in [-0.4, -0.2) is 40.3 Å². The van der Waals surface area contributed by atoms with Crippen LogP contribution in [0.5, 0.6) is 5.75 Å². The van der Waals surface area contributed by atoms with E-state index in [4.69, 9.17) is 14.6 Å². The molecule has 0 aliphatic carbocycles. The molecule has 0 saturated carbocycles. The van der Waals surface area contributed by atoms with E-state index in [1.165, 1.54) is 29.2 Å². The number of para-hydroxylation sites is 1. The van der Waals surface area contributed by atoms with E-state index >= 15 is 0 Å². The van der Waals surface area contributed by atoms with Gasteiger partial charge in [-0.1, -0.05) is 12.1 Å². The third-order valence-corrected chi connectivity index (χ3v) is 3.92. The Bertz CT molecular complexity index is 1050. The molecule has 0 aliphatic rings. The maximum absolute atomic E-state index is 12.3. The molecule has 0 spiro atoms. The number of aliphatic carboxylic acids is 2. The average Bonchev–Trinajstić information content (AvgIpc) is 2.63. The first-order chi connectivity index (χ1) is 12.9. The summed E-state index contributed by atoms with van der Waals surface area (Å²) in [7, 11) is 0. The number of carboxylic acid groups (broad SMARTS) is 2. The summed E-state index contributed by atoms with van der Waals surface area (Å²) in [4.78, 5) is 35.3. The summed E-state index contributed by atoms with van der Waals surface area (Å²) < 4.78 is 5.64. The fourth-order valence-electron chi connectivity index (χ4n) is 2.72. The van der Waals surface area contributed by atoms with E-state index in [9.17, 15) is 19.5 Å². The Hall–Kier alpha value is -3.81. The third kappa shape index (κ3) is 3.74. The van der Waals surface area contributed by atoms with E-state index in [-0.39, 0.29) is 11.1 Å². The summed E-state index contributed by atoms with van der Waals surface area (Å²) in [6, 6.07) is 12.5. The second-order valence-corrected chi connectivity index (χ2v) is 5.80. The average molecular weight is 369 g/mol. The molecule has 3 N–H and O–H groups in total. The Morgan fingerprint density at radius 2 is 1.52 bits per heavy atom. The number of nitrogens with zero attached hydrogens (tertiary/aromatic N) is 1. The third-order valence-electron chi connectivity index (χ3n) is 3.92. The number of benzene rings is 2. The van der Waals surface area contributed by atoms with Gasteiger partial charge in [0.25, 0.3) is 0 Å². The molecule has 1 heterocycles. The van der Waals surface area contributed by atoms with Gasteiger partial charge in [0.05, 0.1) is 5.39 Å². The highest BCUT2D eigenvalue weighted by Crippen LogP contribution is 2.31. The number of hydrogen-bond acceptors (Lipinski definition) is 6. The van der Waals surface area contributed by atoms with Crippen LogP contribution in [-0.2, 0) is 9.59 Å². The van der Waals surface area contributed by atoms with Gasteiger partial charge in [-0.05, 0) is 36.4 Å². The minimum absolute atomic E-state index is 0.0201. The van der Waals surface area contributed by atoms with Crippen LogP contribution in [0.4, 0.5) is 5.69 Å². The number of anilines is 1. The van der Waals surface area contributed by atoms with Crippen LogP contribution in [0.1, 0.15) is 0 Å². The van der Waals surface area contributed by atoms with Gasteiger partial charge in [0.1, 0.15) is 18.7 Å². The predicted octanol–water partition coefficient (Wildman–Crippen LogP) is 2.14. The first-order valence-electron chi connectivity index (χ1n) is 7.90. The molecule has 1 aromatic heterocycles. The molecule has 138 valence electrons. The molecule has 8 nitrogen and oxygen atoms in total. The summed E-state index contributed by atoms with van der Waals surface area (Å²) in [6.07, 6.45) is 0. The van der Waals surface area contributed by atoms with Gasteiger partial charge in [0, 0.05) is 11.3 Å². The molecule has 0 radical (unpaired) electrons. The maximum atomic E-state index is 12.3. The molecule has 0 fully saturated rings. The summed E-state index contributed by atoms with van der Waals surface area (Å²) in [5.41, 5.74) is 0.517. The zero-order valence-electron chi connectivity index (χ0n) is 14.0. The number of carboxylic acids is 2. The second kappa shape index (κ2) is 7.20. The molecule has 0 atom stereocenters. The van der Waals surface area contributed by atoms with Gasteiger partial charge >= 0.3 is 11.9 Å². The monoisotopic (exact) mass is 369 g/mol. The normalized spacial score (nSPS) is 10.7. The maximum Gasteiger partial charge on any atom is 0.323 e. The minimum Gasteiger partial charge on any atom is -0.502 e. The fourth-order valence-corrected chi connectivity index (χ4v) is 2.72. The van der Waals surface area contributed by atoms with Gasteiger partial charge in [-0.15, -0.1) is 0 Å². The van der Waals surface area contributed by atoms with Gasteiger partial charge in [-0.25, -0.2) is 0 Å². The van der Waals surface area contributed by atoms with Gasteiger partial charge in [-0.3, -0.25) is 14.4 Å². The zero-order chi connectivity index (χ0) is 19.6. The molecule has 2 aromatic carbocycles. The van der Waals surface area contributed by atoms with Crippen LogP contribution in [0.3, 0.4) is 0 Å². The van der Waals surface area contributed by atoms with Crippen LogP contribution in [0.15, 0.2) is 57.7 Å². The van der Waals surface area contributed by atoms with Crippen LogP contribution in [0, 0.1) is 0 Å². The van der Waals surface area contributed by atoms with E-state index in [1.54, 1.807) is 24.3 Å². The molecule has 0 aliphatic heterocycles. The van der Waals surface area contributed by atoms with Crippen molar-refractivity contribution in [2.24, 2.45) is 0 Å². The second-order valence-electron chi connectivity index (χ2n) is 5.80. The highest BCUT2D eigenvalue weighted by Gasteiger charge is 2.17. The standard InChI is InChI=1S/C19H15NO7/c21-15(22)9-20(10-16(23)24)12-7-5-11(6-8-12)19-18(26)17(25)13-3-1-2-4-14(13)27-19/h1-8,26H,9-10H2,(H,21,22)(H,23,24). The van der Waals surface area contributed by atoms with E-state index in [2.05, 4.69) is 0 Å². The van der Waals surface area contributed by atoms with Crippen molar-refractivity contribution in [2.75, 3.05) is 18.0 Å². The summed E-state index contributed by atoms with van der Waals surface area (Å²) in [6.45, 7) is -0.968. The molecule has 0 bridgehead atoms. The van der Waals surface area contributed by atoms with Crippen LogP contribution in [0.2, 0.25) is 0 Å². The molecule has 8 heteroatoms. The minimum atomic E-state index is -1.17. The topological polar surface area (TPSA) is 128 Å². The number of rotatable bonds is 6. The summed E-state index contributed by atoms with van der Waals surface area (Å²) in [5, 5.41) is 28.3. The van der Waals surface area contributed by atoms with Crippen LogP contribution in [0.25, 0.3) is 22.3 Å².